The second-order valence-corrected chi connectivity index (χ2v) is 4.58. The molecule has 4 heteroatoms. The summed E-state index contributed by atoms with van der Waals surface area (Å²) in [5.41, 5.74) is 0. The van der Waals surface area contributed by atoms with E-state index < -0.39 is 0 Å². The number of likely N-dealkylation sites (N-methyl/N-ethyl adjacent to an activating group) is 1. The quantitative estimate of drug-likeness (QED) is 0.827. The summed E-state index contributed by atoms with van der Waals surface area (Å²) >= 11 is 5.77. The number of pyridine rings is 1. The molecular formula is C12H18ClN3. The summed E-state index contributed by atoms with van der Waals surface area (Å²) in [5, 5.41) is 3.99. The van der Waals surface area contributed by atoms with Crippen LogP contribution in [0.4, 0.5) is 5.82 Å². The standard InChI is InChI=1S/C12H18ClN3/c1-2-16(11-4-5-11)8-7-14-12-6-3-10(13)9-15-12/h3,6,9,11H,2,4-5,7-8H2,1H3,(H,14,15). The second-order valence-electron chi connectivity index (χ2n) is 4.15. The molecule has 0 bridgehead atoms. The van der Waals surface area contributed by atoms with E-state index in [2.05, 4.69) is 22.1 Å². The third-order valence-corrected chi connectivity index (χ3v) is 3.13. The van der Waals surface area contributed by atoms with E-state index in [-0.39, 0.29) is 0 Å². The summed E-state index contributed by atoms with van der Waals surface area (Å²) in [5.74, 6) is 0.899. The van der Waals surface area contributed by atoms with Crippen molar-refractivity contribution < 1.29 is 0 Å². The molecule has 16 heavy (non-hydrogen) atoms. The molecule has 3 nitrogen and oxygen atoms in total. The normalized spacial score (nSPS) is 15.4. The van der Waals surface area contributed by atoms with Crippen molar-refractivity contribution in [3.63, 3.8) is 0 Å². The predicted octanol–water partition coefficient (Wildman–Crippen LogP) is 2.63. The van der Waals surface area contributed by atoms with Gasteiger partial charge in [0.15, 0.2) is 0 Å². The Balaban J connectivity index is 1.72. The van der Waals surface area contributed by atoms with Crippen LogP contribution in [-0.2, 0) is 0 Å². The third-order valence-electron chi connectivity index (χ3n) is 2.90. The predicted molar refractivity (Wildman–Crippen MR) is 68.0 cm³/mol. The molecule has 1 aliphatic carbocycles. The minimum absolute atomic E-state index is 0.679. The van der Waals surface area contributed by atoms with Crippen LogP contribution in [0.1, 0.15) is 19.8 Å². The van der Waals surface area contributed by atoms with E-state index in [0.29, 0.717) is 5.02 Å². The number of nitrogens with one attached hydrogen (secondary N) is 1. The van der Waals surface area contributed by atoms with Gasteiger partial charge in [-0.2, -0.15) is 0 Å². The van der Waals surface area contributed by atoms with E-state index in [1.807, 2.05) is 12.1 Å². The summed E-state index contributed by atoms with van der Waals surface area (Å²) in [4.78, 5) is 6.72. The summed E-state index contributed by atoms with van der Waals surface area (Å²) in [6.07, 6.45) is 4.41. The van der Waals surface area contributed by atoms with Crippen LogP contribution in [0.3, 0.4) is 0 Å². The summed E-state index contributed by atoms with van der Waals surface area (Å²) in [6, 6.07) is 4.61. The van der Waals surface area contributed by atoms with E-state index in [9.17, 15) is 0 Å². The summed E-state index contributed by atoms with van der Waals surface area (Å²) < 4.78 is 0. The Morgan fingerprint density at radius 1 is 1.50 bits per heavy atom. The summed E-state index contributed by atoms with van der Waals surface area (Å²) in [7, 11) is 0. The molecule has 0 amide bonds. The molecular weight excluding hydrogens is 222 g/mol. The van der Waals surface area contributed by atoms with Gasteiger partial charge in [-0.3, -0.25) is 4.90 Å². The van der Waals surface area contributed by atoms with E-state index in [0.717, 1.165) is 31.5 Å². The first kappa shape index (κ1) is 11.7. The van der Waals surface area contributed by atoms with Crippen molar-refractivity contribution in [2.75, 3.05) is 25.0 Å². The van der Waals surface area contributed by atoms with Crippen LogP contribution in [-0.4, -0.2) is 35.6 Å². The molecule has 88 valence electrons. The first-order valence-corrected chi connectivity index (χ1v) is 6.27. The zero-order valence-electron chi connectivity index (χ0n) is 9.62. The molecule has 1 aromatic rings. The van der Waals surface area contributed by atoms with Crippen LogP contribution in [0.25, 0.3) is 0 Å². The zero-order valence-corrected chi connectivity index (χ0v) is 10.4. The van der Waals surface area contributed by atoms with Crippen LogP contribution >= 0.6 is 11.6 Å². The van der Waals surface area contributed by atoms with E-state index in [1.165, 1.54) is 12.8 Å². The Labute approximate surface area is 102 Å². The maximum atomic E-state index is 5.77. The monoisotopic (exact) mass is 239 g/mol. The molecule has 0 unspecified atom stereocenters. The molecule has 0 spiro atoms. The molecule has 1 heterocycles. The Morgan fingerprint density at radius 2 is 2.31 bits per heavy atom. The Hall–Kier alpha value is -0.800. The highest BCUT2D eigenvalue weighted by Gasteiger charge is 2.26. The van der Waals surface area contributed by atoms with Crippen LogP contribution in [0.2, 0.25) is 5.02 Å². The maximum Gasteiger partial charge on any atom is 0.126 e. The minimum atomic E-state index is 0.679. The number of hydrogen-bond donors (Lipinski definition) is 1. The van der Waals surface area contributed by atoms with Gasteiger partial charge in [-0.25, -0.2) is 4.98 Å². The van der Waals surface area contributed by atoms with Crippen LogP contribution < -0.4 is 5.32 Å². The number of aromatic nitrogens is 1. The zero-order chi connectivity index (χ0) is 11.4. The highest BCUT2D eigenvalue weighted by molar-refractivity contribution is 6.30. The summed E-state index contributed by atoms with van der Waals surface area (Å²) in [6.45, 7) is 5.39. The fraction of sp³-hybridized carbons (Fsp3) is 0.583. The van der Waals surface area contributed by atoms with E-state index >= 15 is 0 Å². The average molecular weight is 240 g/mol. The molecule has 0 aromatic carbocycles. The lowest BCUT2D eigenvalue weighted by atomic mass is 10.4. The maximum absolute atomic E-state index is 5.77. The van der Waals surface area contributed by atoms with Gasteiger partial charge in [-0.05, 0) is 31.5 Å². The van der Waals surface area contributed by atoms with Gasteiger partial charge in [0, 0.05) is 25.3 Å². The van der Waals surface area contributed by atoms with Gasteiger partial charge in [0.05, 0.1) is 5.02 Å². The molecule has 1 aromatic heterocycles. The molecule has 1 N–H and O–H groups in total. The van der Waals surface area contributed by atoms with Crippen molar-refractivity contribution in [2.45, 2.75) is 25.8 Å². The highest BCUT2D eigenvalue weighted by atomic mass is 35.5. The molecule has 1 aliphatic rings. The van der Waals surface area contributed by atoms with Gasteiger partial charge >= 0.3 is 0 Å². The van der Waals surface area contributed by atoms with Crippen molar-refractivity contribution in [3.8, 4) is 0 Å². The molecule has 1 saturated carbocycles. The Bertz CT molecular complexity index is 322. The van der Waals surface area contributed by atoms with Crippen molar-refractivity contribution in [1.82, 2.24) is 9.88 Å². The first-order chi connectivity index (χ1) is 7.79. The highest BCUT2D eigenvalue weighted by Crippen LogP contribution is 2.25. The minimum Gasteiger partial charge on any atom is -0.369 e. The smallest absolute Gasteiger partial charge is 0.126 e. The number of halogens is 1. The fourth-order valence-corrected chi connectivity index (χ4v) is 1.96. The average Bonchev–Trinajstić information content (AvgIpc) is 3.11. The van der Waals surface area contributed by atoms with Crippen molar-refractivity contribution in [2.24, 2.45) is 0 Å². The fourth-order valence-electron chi connectivity index (χ4n) is 1.85. The van der Waals surface area contributed by atoms with Gasteiger partial charge in [-0.15, -0.1) is 0 Å². The van der Waals surface area contributed by atoms with Crippen molar-refractivity contribution >= 4 is 17.4 Å². The second kappa shape index (κ2) is 5.51. The van der Waals surface area contributed by atoms with Gasteiger partial charge < -0.3 is 5.32 Å². The molecule has 0 radical (unpaired) electrons. The first-order valence-electron chi connectivity index (χ1n) is 5.89. The van der Waals surface area contributed by atoms with Crippen LogP contribution in [0, 0.1) is 0 Å². The van der Waals surface area contributed by atoms with Crippen molar-refractivity contribution in [1.29, 1.82) is 0 Å². The lowest BCUT2D eigenvalue weighted by Gasteiger charge is -2.19. The van der Waals surface area contributed by atoms with Gasteiger partial charge in [0.2, 0.25) is 0 Å². The molecule has 2 rings (SSSR count). The third kappa shape index (κ3) is 3.35. The molecule has 0 atom stereocenters. The number of hydrogen-bond acceptors (Lipinski definition) is 3. The van der Waals surface area contributed by atoms with Crippen molar-refractivity contribution in [3.05, 3.63) is 23.4 Å². The lowest BCUT2D eigenvalue weighted by Crippen LogP contribution is -2.30. The van der Waals surface area contributed by atoms with Gasteiger partial charge in [-0.1, -0.05) is 18.5 Å². The number of anilines is 1. The number of rotatable bonds is 6. The van der Waals surface area contributed by atoms with E-state index in [1.54, 1.807) is 6.20 Å². The Kier molecular flexibility index (Phi) is 4.02. The molecule has 0 aliphatic heterocycles. The largest absolute Gasteiger partial charge is 0.369 e. The van der Waals surface area contributed by atoms with Gasteiger partial charge in [0.25, 0.3) is 0 Å². The topological polar surface area (TPSA) is 28.2 Å². The van der Waals surface area contributed by atoms with Crippen LogP contribution in [0.15, 0.2) is 18.3 Å². The Morgan fingerprint density at radius 3 is 2.88 bits per heavy atom. The van der Waals surface area contributed by atoms with Gasteiger partial charge in [0.1, 0.15) is 5.82 Å². The molecule has 0 saturated heterocycles. The van der Waals surface area contributed by atoms with E-state index in [4.69, 9.17) is 11.6 Å². The number of nitrogens with zero attached hydrogens (tertiary/aromatic N) is 2. The lowest BCUT2D eigenvalue weighted by molar-refractivity contribution is 0.289. The molecule has 1 fully saturated rings. The van der Waals surface area contributed by atoms with Crippen LogP contribution in [0.5, 0.6) is 0 Å². The SMILES string of the molecule is CCN(CCNc1ccc(Cl)cn1)C1CC1.